The van der Waals surface area contributed by atoms with Gasteiger partial charge in [-0.05, 0) is 19.4 Å². The summed E-state index contributed by atoms with van der Waals surface area (Å²) in [5.74, 6) is 0. The van der Waals surface area contributed by atoms with E-state index in [2.05, 4.69) is 18.0 Å². The fraction of sp³-hybridized carbons (Fsp3) is 0.250. The molecule has 2 rings (SSSR count). The fourth-order valence-electron chi connectivity index (χ4n) is 1.72. The van der Waals surface area contributed by atoms with E-state index in [1.54, 1.807) is 0 Å². The van der Waals surface area contributed by atoms with Gasteiger partial charge in [0.1, 0.15) is 0 Å². The Hall–Kier alpha value is -0.900. The summed E-state index contributed by atoms with van der Waals surface area (Å²) in [6.45, 7) is 4.07. The second-order valence-electron chi connectivity index (χ2n) is 3.72. The highest BCUT2D eigenvalue weighted by molar-refractivity contribution is 7.16. The zero-order valence-electron chi connectivity index (χ0n) is 9.12. The molecule has 0 aliphatic heterocycles. The topological polar surface area (TPSA) is 33.1 Å². The highest BCUT2D eigenvalue weighted by Gasteiger charge is 2.13. The van der Waals surface area contributed by atoms with Crippen LogP contribution >= 0.6 is 22.9 Å². The van der Waals surface area contributed by atoms with Crippen LogP contribution in [0.2, 0.25) is 4.47 Å². The zero-order valence-corrected chi connectivity index (χ0v) is 10.7. The molecule has 1 aromatic carbocycles. The molecule has 1 aromatic heterocycles. The predicted octanol–water partition coefficient (Wildman–Crippen LogP) is 3.57. The predicted molar refractivity (Wildman–Crippen MR) is 68.0 cm³/mol. The number of aryl methyl sites for hydroxylation is 2. The van der Waals surface area contributed by atoms with E-state index in [4.69, 9.17) is 11.6 Å². The van der Waals surface area contributed by atoms with Crippen molar-refractivity contribution in [2.75, 3.05) is 0 Å². The molecule has 0 atom stereocenters. The lowest BCUT2D eigenvalue weighted by Gasteiger charge is -2.05. The van der Waals surface area contributed by atoms with Gasteiger partial charge >= 0.3 is 0 Å². The summed E-state index contributed by atoms with van der Waals surface area (Å²) in [7, 11) is 0. The summed E-state index contributed by atoms with van der Waals surface area (Å²) < 4.78 is 0.471. The third-order valence-electron chi connectivity index (χ3n) is 2.45. The Morgan fingerprint density at radius 3 is 2.75 bits per heavy atom. The lowest BCUT2D eigenvalue weighted by Crippen LogP contribution is -1.89. The van der Waals surface area contributed by atoms with Crippen LogP contribution in [0.15, 0.2) is 18.2 Å². The highest BCUT2D eigenvalue weighted by atomic mass is 35.5. The molecule has 0 fully saturated rings. The van der Waals surface area contributed by atoms with E-state index < -0.39 is 0 Å². The SMILES string of the molecule is Cc1ccc(-c2nc(Cl)sc2CO)c(C)c1. The number of hydrogen-bond acceptors (Lipinski definition) is 3. The van der Waals surface area contributed by atoms with E-state index in [-0.39, 0.29) is 6.61 Å². The van der Waals surface area contributed by atoms with Crippen LogP contribution in [0.3, 0.4) is 0 Å². The molecule has 84 valence electrons. The minimum Gasteiger partial charge on any atom is -0.391 e. The van der Waals surface area contributed by atoms with Gasteiger partial charge in [0, 0.05) is 5.56 Å². The number of rotatable bonds is 2. The van der Waals surface area contributed by atoms with Crippen molar-refractivity contribution in [3.05, 3.63) is 38.7 Å². The number of aliphatic hydroxyl groups is 1. The summed E-state index contributed by atoms with van der Waals surface area (Å²) in [4.78, 5) is 5.08. The normalized spacial score (nSPS) is 10.8. The number of aromatic nitrogens is 1. The molecule has 0 aliphatic carbocycles. The molecule has 0 spiro atoms. The van der Waals surface area contributed by atoms with Gasteiger partial charge in [0.2, 0.25) is 0 Å². The van der Waals surface area contributed by atoms with Crippen LogP contribution in [0.1, 0.15) is 16.0 Å². The van der Waals surface area contributed by atoms with E-state index >= 15 is 0 Å². The smallest absolute Gasteiger partial charge is 0.184 e. The molecular formula is C12H12ClNOS. The summed E-state index contributed by atoms with van der Waals surface area (Å²) in [5.41, 5.74) is 4.21. The molecule has 0 radical (unpaired) electrons. The molecule has 4 heteroatoms. The van der Waals surface area contributed by atoms with E-state index in [0.717, 1.165) is 21.7 Å². The quantitative estimate of drug-likeness (QED) is 0.888. The maximum atomic E-state index is 9.25. The van der Waals surface area contributed by atoms with Gasteiger partial charge in [0.25, 0.3) is 0 Å². The van der Waals surface area contributed by atoms with Crippen LogP contribution in [0.5, 0.6) is 0 Å². The Bertz CT molecular complexity index is 522. The van der Waals surface area contributed by atoms with Gasteiger partial charge in [-0.1, -0.05) is 35.4 Å². The Kier molecular flexibility index (Phi) is 3.28. The molecule has 2 aromatic rings. The van der Waals surface area contributed by atoms with Gasteiger partial charge in [-0.15, -0.1) is 11.3 Å². The second kappa shape index (κ2) is 4.53. The van der Waals surface area contributed by atoms with Crippen molar-refractivity contribution in [3.8, 4) is 11.3 Å². The molecule has 1 N–H and O–H groups in total. The number of hydrogen-bond donors (Lipinski definition) is 1. The largest absolute Gasteiger partial charge is 0.391 e. The molecule has 0 saturated carbocycles. The number of thiazole rings is 1. The molecule has 16 heavy (non-hydrogen) atoms. The van der Waals surface area contributed by atoms with Gasteiger partial charge in [0.05, 0.1) is 17.2 Å². The van der Waals surface area contributed by atoms with Crippen molar-refractivity contribution in [2.45, 2.75) is 20.5 Å². The fourth-order valence-corrected chi connectivity index (χ4v) is 2.74. The van der Waals surface area contributed by atoms with Crippen molar-refractivity contribution >= 4 is 22.9 Å². The molecule has 0 unspecified atom stereocenters. The Labute approximate surface area is 104 Å². The first-order valence-corrected chi connectivity index (χ1v) is 6.15. The molecule has 0 aliphatic rings. The summed E-state index contributed by atoms with van der Waals surface area (Å²) in [5, 5.41) is 9.25. The van der Waals surface area contributed by atoms with Gasteiger partial charge in [-0.3, -0.25) is 0 Å². The van der Waals surface area contributed by atoms with Crippen LogP contribution in [0.4, 0.5) is 0 Å². The number of nitrogens with zero attached hydrogens (tertiary/aromatic N) is 1. The maximum Gasteiger partial charge on any atom is 0.184 e. The molecule has 0 bridgehead atoms. The summed E-state index contributed by atoms with van der Waals surface area (Å²) >= 11 is 7.20. The van der Waals surface area contributed by atoms with Crippen LogP contribution < -0.4 is 0 Å². The average Bonchev–Trinajstić information content (AvgIpc) is 2.59. The average molecular weight is 254 g/mol. The second-order valence-corrected chi connectivity index (χ2v) is 5.38. The molecule has 1 heterocycles. The lowest BCUT2D eigenvalue weighted by atomic mass is 10.0. The highest BCUT2D eigenvalue weighted by Crippen LogP contribution is 2.32. The first-order chi connectivity index (χ1) is 7.61. The minimum atomic E-state index is -0.0208. The van der Waals surface area contributed by atoms with Crippen molar-refractivity contribution in [3.63, 3.8) is 0 Å². The summed E-state index contributed by atoms with van der Waals surface area (Å²) in [6.07, 6.45) is 0. The van der Waals surface area contributed by atoms with Gasteiger partial charge in [0.15, 0.2) is 4.47 Å². The first kappa shape index (κ1) is 11.6. The van der Waals surface area contributed by atoms with Crippen LogP contribution in [-0.4, -0.2) is 10.1 Å². The molecule has 0 saturated heterocycles. The van der Waals surface area contributed by atoms with E-state index in [1.807, 2.05) is 19.1 Å². The van der Waals surface area contributed by atoms with Crippen LogP contribution in [0.25, 0.3) is 11.3 Å². The Balaban J connectivity index is 2.57. The van der Waals surface area contributed by atoms with Gasteiger partial charge in [-0.25, -0.2) is 4.98 Å². The third-order valence-corrected chi connectivity index (χ3v) is 3.60. The standard InChI is InChI=1S/C12H12ClNOS/c1-7-3-4-9(8(2)5-7)11-10(6-15)16-12(13)14-11/h3-5,15H,6H2,1-2H3. The van der Waals surface area contributed by atoms with Crippen molar-refractivity contribution < 1.29 is 5.11 Å². The Morgan fingerprint density at radius 1 is 1.38 bits per heavy atom. The van der Waals surface area contributed by atoms with E-state index in [1.165, 1.54) is 16.9 Å². The minimum absolute atomic E-state index is 0.0208. The number of halogens is 1. The van der Waals surface area contributed by atoms with E-state index in [9.17, 15) is 5.11 Å². The maximum absolute atomic E-state index is 9.25. The number of aliphatic hydroxyl groups excluding tert-OH is 1. The third kappa shape index (κ3) is 2.12. The first-order valence-electron chi connectivity index (χ1n) is 4.95. The lowest BCUT2D eigenvalue weighted by molar-refractivity contribution is 0.286. The molecule has 0 amide bonds. The van der Waals surface area contributed by atoms with E-state index in [0.29, 0.717) is 4.47 Å². The van der Waals surface area contributed by atoms with Crippen LogP contribution in [0, 0.1) is 13.8 Å². The molecular weight excluding hydrogens is 242 g/mol. The van der Waals surface area contributed by atoms with Crippen molar-refractivity contribution in [1.29, 1.82) is 0 Å². The zero-order chi connectivity index (χ0) is 11.7. The number of benzene rings is 1. The molecule has 2 nitrogen and oxygen atoms in total. The summed E-state index contributed by atoms with van der Waals surface area (Å²) in [6, 6.07) is 6.16. The van der Waals surface area contributed by atoms with Crippen molar-refractivity contribution in [1.82, 2.24) is 4.98 Å². The van der Waals surface area contributed by atoms with Crippen molar-refractivity contribution in [2.24, 2.45) is 0 Å². The van der Waals surface area contributed by atoms with Gasteiger partial charge in [-0.2, -0.15) is 0 Å². The van der Waals surface area contributed by atoms with Gasteiger partial charge < -0.3 is 5.11 Å². The monoisotopic (exact) mass is 253 g/mol. The van der Waals surface area contributed by atoms with Crippen LogP contribution in [-0.2, 0) is 6.61 Å². The Morgan fingerprint density at radius 2 is 2.12 bits per heavy atom.